The standard InChI is InChI=1S/C13H23N3O3/c1-9(17)15-10-3-2-6-16(8-10)13(18)12-5-4-11(7-14)19-12/h10-12H,2-8,14H2,1H3,(H,15,17). The Morgan fingerprint density at radius 2 is 2.16 bits per heavy atom. The van der Waals surface area contributed by atoms with Crippen molar-refractivity contribution in [1.29, 1.82) is 0 Å². The average Bonchev–Trinajstić information content (AvgIpc) is 2.86. The van der Waals surface area contributed by atoms with Crippen molar-refractivity contribution in [2.45, 2.75) is 50.9 Å². The lowest BCUT2D eigenvalue weighted by Gasteiger charge is -2.34. The molecule has 3 atom stereocenters. The van der Waals surface area contributed by atoms with Crippen LogP contribution in [0.15, 0.2) is 0 Å². The van der Waals surface area contributed by atoms with E-state index in [0.29, 0.717) is 13.1 Å². The Morgan fingerprint density at radius 3 is 2.79 bits per heavy atom. The number of carbonyl (C=O) groups is 2. The van der Waals surface area contributed by atoms with E-state index < -0.39 is 0 Å². The summed E-state index contributed by atoms with van der Waals surface area (Å²) in [6.45, 7) is 3.32. The molecule has 6 heteroatoms. The summed E-state index contributed by atoms with van der Waals surface area (Å²) in [4.78, 5) is 25.2. The smallest absolute Gasteiger partial charge is 0.251 e. The quantitative estimate of drug-likeness (QED) is 0.731. The van der Waals surface area contributed by atoms with Crippen LogP contribution >= 0.6 is 0 Å². The van der Waals surface area contributed by atoms with Gasteiger partial charge in [-0.1, -0.05) is 0 Å². The van der Waals surface area contributed by atoms with Crippen molar-refractivity contribution in [3.63, 3.8) is 0 Å². The lowest BCUT2D eigenvalue weighted by molar-refractivity contribution is -0.144. The summed E-state index contributed by atoms with van der Waals surface area (Å²) < 4.78 is 5.64. The molecule has 0 aromatic rings. The molecule has 2 aliphatic rings. The van der Waals surface area contributed by atoms with Crippen molar-refractivity contribution >= 4 is 11.8 Å². The molecule has 0 spiro atoms. The summed E-state index contributed by atoms with van der Waals surface area (Å²) in [6.07, 6.45) is 3.14. The zero-order chi connectivity index (χ0) is 13.8. The molecule has 19 heavy (non-hydrogen) atoms. The lowest BCUT2D eigenvalue weighted by Crippen LogP contribution is -2.51. The molecule has 0 bridgehead atoms. The topological polar surface area (TPSA) is 84.7 Å². The Kier molecular flexibility index (Phi) is 4.76. The fourth-order valence-corrected chi connectivity index (χ4v) is 2.85. The first-order valence-corrected chi connectivity index (χ1v) is 7.01. The highest BCUT2D eigenvalue weighted by Crippen LogP contribution is 2.22. The number of amides is 2. The average molecular weight is 269 g/mol. The summed E-state index contributed by atoms with van der Waals surface area (Å²) in [7, 11) is 0. The van der Waals surface area contributed by atoms with E-state index in [-0.39, 0.29) is 30.1 Å². The van der Waals surface area contributed by atoms with Gasteiger partial charge in [0, 0.05) is 32.6 Å². The van der Waals surface area contributed by atoms with Crippen molar-refractivity contribution in [2.75, 3.05) is 19.6 Å². The van der Waals surface area contributed by atoms with Gasteiger partial charge in [0.1, 0.15) is 6.10 Å². The molecule has 3 N–H and O–H groups in total. The Bertz CT molecular complexity index is 348. The van der Waals surface area contributed by atoms with Gasteiger partial charge in [0.05, 0.1) is 6.10 Å². The molecular weight excluding hydrogens is 246 g/mol. The first-order chi connectivity index (χ1) is 9.10. The second-order valence-electron chi connectivity index (χ2n) is 5.38. The number of likely N-dealkylation sites (tertiary alicyclic amines) is 1. The van der Waals surface area contributed by atoms with Gasteiger partial charge in [0.15, 0.2) is 0 Å². The van der Waals surface area contributed by atoms with Crippen LogP contribution in [-0.4, -0.2) is 54.6 Å². The molecule has 6 nitrogen and oxygen atoms in total. The van der Waals surface area contributed by atoms with E-state index in [9.17, 15) is 9.59 Å². The van der Waals surface area contributed by atoms with Gasteiger partial charge < -0.3 is 20.7 Å². The molecule has 0 saturated carbocycles. The Balaban J connectivity index is 1.87. The number of ether oxygens (including phenoxy) is 1. The van der Waals surface area contributed by atoms with E-state index in [1.54, 1.807) is 0 Å². The van der Waals surface area contributed by atoms with Gasteiger partial charge in [0.25, 0.3) is 5.91 Å². The SMILES string of the molecule is CC(=O)NC1CCCN(C(=O)C2CCC(CN)O2)C1. The van der Waals surface area contributed by atoms with Crippen molar-refractivity contribution in [2.24, 2.45) is 5.73 Å². The molecule has 2 aliphatic heterocycles. The van der Waals surface area contributed by atoms with Crippen LogP contribution in [0, 0.1) is 0 Å². The van der Waals surface area contributed by atoms with Crippen LogP contribution in [0.3, 0.4) is 0 Å². The molecule has 2 rings (SSSR count). The fraction of sp³-hybridized carbons (Fsp3) is 0.846. The van der Waals surface area contributed by atoms with Crippen LogP contribution in [-0.2, 0) is 14.3 Å². The molecule has 3 unspecified atom stereocenters. The third-order valence-electron chi connectivity index (χ3n) is 3.79. The predicted molar refractivity (Wildman–Crippen MR) is 70.4 cm³/mol. The molecular formula is C13H23N3O3. The first kappa shape index (κ1) is 14.3. The number of nitrogens with zero attached hydrogens (tertiary/aromatic N) is 1. The largest absolute Gasteiger partial charge is 0.364 e. The van der Waals surface area contributed by atoms with E-state index >= 15 is 0 Å². The van der Waals surface area contributed by atoms with Gasteiger partial charge in [-0.3, -0.25) is 9.59 Å². The number of nitrogens with one attached hydrogen (secondary N) is 1. The Hall–Kier alpha value is -1.14. The molecule has 2 saturated heterocycles. The van der Waals surface area contributed by atoms with Crippen LogP contribution in [0.25, 0.3) is 0 Å². The van der Waals surface area contributed by atoms with Crippen LogP contribution in [0.4, 0.5) is 0 Å². The molecule has 2 heterocycles. The summed E-state index contributed by atoms with van der Waals surface area (Å²) >= 11 is 0. The maximum absolute atomic E-state index is 12.3. The van der Waals surface area contributed by atoms with Crippen molar-refractivity contribution in [3.05, 3.63) is 0 Å². The molecule has 2 amide bonds. The summed E-state index contributed by atoms with van der Waals surface area (Å²) in [5, 5.41) is 2.88. The van der Waals surface area contributed by atoms with Crippen molar-refractivity contribution < 1.29 is 14.3 Å². The number of hydrogen-bond acceptors (Lipinski definition) is 4. The maximum Gasteiger partial charge on any atom is 0.251 e. The highest BCUT2D eigenvalue weighted by molar-refractivity contribution is 5.81. The predicted octanol–water partition coefficient (Wildman–Crippen LogP) is -0.380. The van der Waals surface area contributed by atoms with E-state index in [2.05, 4.69) is 5.32 Å². The number of nitrogens with two attached hydrogens (primary N) is 1. The maximum atomic E-state index is 12.3. The van der Waals surface area contributed by atoms with Crippen LogP contribution < -0.4 is 11.1 Å². The third kappa shape index (κ3) is 3.67. The molecule has 0 aromatic heterocycles. The second kappa shape index (κ2) is 6.34. The fourth-order valence-electron chi connectivity index (χ4n) is 2.85. The summed E-state index contributed by atoms with van der Waals surface area (Å²) in [5.41, 5.74) is 5.55. The first-order valence-electron chi connectivity index (χ1n) is 7.01. The Labute approximate surface area is 113 Å². The number of piperidine rings is 1. The third-order valence-corrected chi connectivity index (χ3v) is 3.79. The number of carbonyl (C=O) groups excluding carboxylic acids is 2. The van der Waals surface area contributed by atoms with Gasteiger partial charge in [-0.15, -0.1) is 0 Å². The van der Waals surface area contributed by atoms with Gasteiger partial charge >= 0.3 is 0 Å². The minimum absolute atomic E-state index is 0.0184. The second-order valence-corrected chi connectivity index (χ2v) is 5.38. The molecule has 108 valence electrons. The number of rotatable bonds is 3. The van der Waals surface area contributed by atoms with Gasteiger partial charge in [0.2, 0.25) is 5.91 Å². The number of hydrogen-bond donors (Lipinski definition) is 2. The minimum Gasteiger partial charge on any atom is -0.364 e. The summed E-state index contributed by atoms with van der Waals surface area (Å²) in [6, 6.07) is 0.0712. The zero-order valence-corrected chi connectivity index (χ0v) is 11.4. The van der Waals surface area contributed by atoms with Crippen LogP contribution in [0.1, 0.15) is 32.6 Å². The van der Waals surface area contributed by atoms with E-state index in [0.717, 1.165) is 32.2 Å². The summed E-state index contributed by atoms with van der Waals surface area (Å²) in [5.74, 6) is 0.00520. The van der Waals surface area contributed by atoms with Crippen molar-refractivity contribution in [3.8, 4) is 0 Å². The van der Waals surface area contributed by atoms with E-state index in [1.165, 1.54) is 6.92 Å². The van der Waals surface area contributed by atoms with Crippen molar-refractivity contribution in [1.82, 2.24) is 10.2 Å². The molecule has 2 fully saturated rings. The van der Waals surface area contributed by atoms with E-state index in [1.807, 2.05) is 4.90 Å². The Morgan fingerprint density at radius 1 is 1.37 bits per heavy atom. The van der Waals surface area contributed by atoms with Crippen LogP contribution in [0.5, 0.6) is 0 Å². The highest BCUT2D eigenvalue weighted by Gasteiger charge is 2.34. The van der Waals surface area contributed by atoms with Gasteiger partial charge in [-0.25, -0.2) is 0 Å². The molecule has 0 radical (unpaired) electrons. The highest BCUT2D eigenvalue weighted by atomic mass is 16.5. The van der Waals surface area contributed by atoms with Gasteiger partial charge in [-0.05, 0) is 25.7 Å². The monoisotopic (exact) mass is 269 g/mol. The van der Waals surface area contributed by atoms with Crippen LogP contribution in [0.2, 0.25) is 0 Å². The minimum atomic E-state index is -0.343. The molecule has 0 aliphatic carbocycles. The molecule has 0 aromatic carbocycles. The van der Waals surface area contributed by atoms with E-state index in [4.69, 9.17) is 10.5 Å². The van der Waals surface area contributed by atoms with Gasteiger partial charge in [-0.2, -0.15) is 0 Å². The lowest BCUT2D eigenvalue weighted by atomic mass is 10.0. The zero-order valence-electron chi connectivity index (χ0n) is 11.4. The normalized spacial score (nSPS) is 31.3.